The van der Waals surface area contributed by atoms with Crippen LogP contribution in [0.15, 0.2) is 11.6 Å². The van der Waals surface area contributed by atoms with Gasteiger partial charge in [-0.1, -0.05) is 19.9 Å². The number of hydrogen-bond acceptors (Lipinski definition) is 3. The van der Waals surface area contributed by atoms with Crippen molar-refractivity contribution in [2.24, 2.45) is 11.8 Å². The molecule has 0 saturated heterocycles. The van der Waals surface area contributed by atoms with Crippen LogP contribution in [0.4, 0.5) is 0 Å². The van der Waals surface area contributed by atoms with Crippen LogP contribution < -0.4 is 0 Å². The highest BCUT2D eigenvalue weighted by Gasteiger charge is 2.30. The molecule has 1 unspecified atom stereocenters. The minimum atomic E-state index is -2.86. The zero-order chi connectivity index (χ0) is 13.8. The summed E-state index contributed by atoms with van der Waals surface area (Å²) >= 11 is 0. The Morgan fingerprint density at radius 3 is 2.50 bits per heavy atom. The number of rotatable bonds is 8. The Kier molecular flexibility index (Phi) is 5.61. The Morgan fingerprint density at radius 2 is 2.11 bits per heavy atom. The van der Waals surface area contributed by atoms with Crippen molar-refractivity contribution < 1.29 is 19.0 Å². The summed E-state index contributed by atoms with van der Waals surface area (Å²) in [5.41, 5.74) is 0.259. The second-order valence-corrected chi connectivity index (χ2v) is 7.87. The third-order valence-corrected chi connectivity index (χ3v) is 5.59. The molecule has 1 aliphatic rings. The maximum absolute atomic E-state index is 12.6. The van der Waals surface area contributed by atoms with Crippen molar-refractivity contribution >= 4 is 13.3 Å². The lowest BCUT2D eigenvalue weighted by molar-refractivity contribution is -0.132. The summed E-state index contributed by atoms with van der Waals surface area (Å²) in [5.74, 6) is -0.367. The number of aliphatic carboxylic acids is 1. The van der Waals surface area contributed by atoms with E-state index < -0.39 is 13.3 Å². The number of carboxylic acid groups (broad SMARTS) is 1. The largest absolute Gasteiger partial charge is 0.478 e. The van der Waals surface area contributed by atoms with Gasteiger partial charge in [-0.3, -0.25) is 4.57 Å². The van der Waals surface area contributed by atoms with Gasteiger partial charge in [-0.25, -0.2) is 4.79 Å². The summed E-state index contributed by atoms with van der Waals surface area (Å²) in [4.78, 5) is 11.2. The zero-order valence-corrected chi connectivity index (χ0v) is 12.3. The van der Waals surface area contributed by atoms with Crippen LogP contribution in [0.1, 0.15) is 33.6 Å². The zero-order valence-electron chi connectivity index (χ0n) is 11.4. The van der Waals surface area contributed by atoms with Crippen molar-refractivity contribution in [3.63, 3.8) is 0 Å². The normalized spacial score (nSPS) is 19.9. The smallest absolute Gasteiger partial charge is 0.331 e. The van der Waals surface area contributed by atoms with Crippen LogP contribution in [0.3, 0.4) is 0 Å². The molecule has 0 aromatic carbocycles. The lowest BCUT2D eigenvalue weighted by Gasteiger charge is -2.20. The lowest BCUT2D eigenvalue weighted by Crippen LogP contribution is -2.12. The maximum Gasteiger partial charge on any atom is 0.331 e. The highest BCUT2D eigenvalue weighted by atomic mass is 31.2. The molecular formula is C13H23O4P. The summed E-state index contributed by atoms with van der Waals surface area (Å²) in [6.45, 7) is 6.09. The van der Waals surface area contributed by atoms with Crippen LogP contribution in [0.2, 0.25) is 0 Å². The average molecular weight is 274 g/mol. The molecule has 1 aliphatic carbocycles. The van der Waals surface area contributed by atoms with Crippen LogP contribution in [0.5, 0.6) is 0 Å². The van der Waals surface area contributed by atoms with E-state index >= 15 is 0 Å². The fourth-order valence-electron chi connectivity index (χ4n) is 1.95. The fourth-order valence-corrected chi connectivity index (χ4v) is 4.62. The summed E-state index contributed by atoms with van der Waals surface area (Å²) in [6.07, 6.45) is 4.34. The number of carboxylic acids is 1. The van der Waals surface area contributed by atoms with Crippen LogP contribution in [-0.2, 0) is 13.9 Å². The molecule has 0 heterocycles. The molecule has 0 bridgehead atoms. The first-order valence-electron chi connectivity index (χ1n) is 6.53. The van der Waals surface area contributed by atoms with Crippen molar-refractivity contribution in [2.75, 3.05) is 18.9 Å². The van der Waals surface area contributed by atoms with Gasteiger partial charge in [0.2, 0.25) is 7.37 Å². The second-order valence-electron chi connectivity index (χ2n) is 5.30. The van der Waals surface area contributed by atoms with Crippen LogP contribution in [0.25, 0.3) is 0 Å². The van der Waals surface area contributed by atoms with E-state index in [4.69, 9.17) is 4.52 Å². The molecule has 0 radical (unpaired) electrons. The van der Waals surface area contributed by atoms with E-state index in [1.807, 2.05) is 13.8 Å². The monoisotopic (exact) mass is 274 g/mol. The van der Waals surface area contributed by atoms with Gasteiger partial charge in [0.05, 0.1) is 12.8 Å². The number of carbonyl (C=O) groups is 1. The van der Waals surface area contributed by atoms with Gasteiger partial charge in [0, 0.05) is 11.7 Å². The Balaban J connectivity index is 2.79. The molecule has 5 heteroatoms. The van der Waals surface area contributed by atoms with Crippen molar-refractivity contribution in [2.45, 2.75) is 33.6 Å². The molecule has 1 rings (SSSR count). The van der Waals surface area contributed by atoms with E-state index in [2.05, 4.69) is 0 Å². The lowest BCUT2D eigenvalue weighted by atomic mass is 10.2. The molecule has 1 atom stereocenters. The molecule has 0 amide bonds. The molecule has 1 saturated carbocycles. The molecule has 104 valence electrons. The summed E-state index contributed by atoms with van der Waals surface area (Å²) in [6, 6.07) is 0. The van der Waals surface area contributed by atoms with E-state index in [1.165, 1.54) is 0 Å². The van der Waals surface area contributed by atoms with Gasteiger partial charge in [-0.15, -0.1) is 0 Å². The van der Waals surface area contributed by atoms with Crippen LogP contribution in [0, 0.1) is 11.8 Å². The fraction of sp³-hybridized carbons (Fsp3) is 0.769. The average Bonchev–Trinajstić information content (AvgIpc) is 2.99. The quantitative estimate of drug-likeness (QED) is 0.544. The Bertz CT molecular complexity index is 369. The van der Waals surface area contributed by atoms with Crippen molar-refractivity contribution in [3.05, 3.63) is 11.6 Å². The first kappa shape index (κ1) is 15.5. The van der Waals surface area contributed by atoms with E-state index in [0.29, 0.717) is 18.7 Å². The molecule has 1 N–H and O–H groups in total. The van der Waals surface area contributed by atoms with Crippen molar-refractivity contribution in [1.29, 1.82) is 0 Å². The minimum absolute atomic E-state index is 0.0604. The number of hydrogen-bond donors (Lipinski definition) is 1. The van der Waals surface area contributed by atoms with E-state index in [9.17, 15) is 14.5 Å². The Morgan fingerprint density at radius 1 is 1.50 bits per heavy atom. The third-order valence-electron chi connectivity index (χ3n) is 2.75. The van der Waals surface area contributed by atoms with Gasteiger partial charge in [-0.2, -0.15) is 0 Å². The van der Waals surface area contributed by atoms with Crippen LogP contribution >= 0.6 is 7.37 Å². The van der Waals surface area contributed by atoms with Gasteiger partial charge >= 0.3 is 5.97 Å². The van der Waals surface area contributed by atoms with E-state index in [-0.39, 0.29) is 17.7 Å². The van der Waals surface area contributed by atoms with E-state index in [0.717, 1.165) is 12.8 Å². The molecule has 4 nitrogen and oxygen atoms in total. The molecule has 0 aromatic rings. The predicted octanol–water partition coefficient (Wildman–Crippen LogP) is 3.38. The van der Waals surface area contributed by atoms with Gasteiger partial charge < -0.3 is 9.63 Å². The summed E-state index contributed by atoms with van der Waals surface area (Å²) < 4.78 is 18.0. The summed E-state index contributed by atoms with van der Waals surface area (Å²) in [5, 5.41) is 9.17. The maximum atomic E-state index is 12.6. The minimum Gasteiger partial charge on any atom is -0.478 e. The van der Waals surface area contributed by atoms with E-state index in [1.54, 1.807) is 13.0 Å². The van der Waals surface area contributed by atoms with Crippen LogP contribution in [-0.4, -0.2) is 30.0 Å². The first-order chi connectivity index (χ1) is 8.36. The number of allylic oxidation sites excluding steroid dienone is 1. The summed E-state index contributed by atoms with van der Waals surface area (Å²) in [7, 11) is -2.86. The van der Waals surface area contributed by atoms with Gasteiger partial charge in [0.1, 0.15) is 0 Å². The van der Waals surface area contributed by atoms with Gasteiger partial charge in [-0.05, 0) is 31.6 Å². The molecular weight excluding hydrogens is 251 g/mol. The third kappa shape index (κ3) is 5.36. The van der Waals surface area contributed by atoms with Gasteiger partial charge in [0.25, 0.3) is 0 Å². The SMILES string of the molecule is CCOP(=O)(CC(=CC1CC1)C(=O)O)CC(C)C. The first-order valence-corrected chi connectivity index (χ1v) is 8.52. The van der Waals surface area contributed by atoms with Crippen molar-refractivity contribution in [3.8, 4) is 0 Å². The predicted molar refractivity (Wildman–Crippen MR) is 72.2 cm³/mol. The Labute approximate surface area is 109 Å². The molecule has 0 aromatic heterocycles. The van der Waals surface area contributed by atoms with Gasteiger partial charge in [0.15, 0.2) is 0 Å². The highest BCUT2D eigenvalue weighted by Crippen LogP contribution is 2.50. The standard InChI is InChI=1S/C13H23O4P/c1-4-17-18(16,8-10(2)3)9-12(13(14)15)7-11-5-6-11/h7,10-11H,4-6,8-9H2,1-3H3,(H,14,15). The topological polar surface area (TPSA) is 63.6 Å². The van der Waals surface area contributed by atoms with Crippen molar-refractivity contribution in [1.82, 2.24) is 0 Å². The molecule has 18 heavy (non-hydrogen) atoms. The molecule has 0 aliphatic heterocycles. The second kappa shape index (κ2) is 6.53. The highest BCUT2D eigenvalue weighted by molar-refractivity contribution is 7.59. The molecule has 1 fully saturated rings. The molecule has 0 spiro atoms. The Hall–Kier alpha value is -0.600.